The minimum Gasteiger partial charge on any atom is -0.460 e. The number of hydrogen-bond donors (Lipinski definition) is 8. The molecule has 0 fully saturated rings. The van der Waals surface area contributed by atoms with Crippen molar-refractivity contribution in [1.29, 1.82) is 0 Å². The van der Waals surface area contributed by atoms with Crippen LogP contribution in [-0.4, -0.2) is 160 Å². The third-order valence-electron chi connectivity index (χ3n) is 14.0. The van der Waals surface area contributed by atoms with Crippen molar-refractivity contribution in [1.82, 2.24) is 57.5 Å². The molecule has 0 spiro atoms. The van der Waals surface area contributed by atoms with Gasteiger partial charge in [0.2, 0.25) is 29.5 Å². The lowest BCUT2D eigenvalue weighted by Crippen LogP contribution is -2.55. The molecule has 2 aromatic carbocycles. The molecule has 544 valence electrons. The van der Waals surface area contributed by atoms with Crippen molar-refractivity contribution in [2.24, 2.45) is 5.11 Å². The number of hydrogen-bond acceptors (Lipinski definition) is 18. The van der Waals surface area contributed by atoms with Crippen LogP contribution in [0.3, 0.4) is 0 Å². The topological polar surface area (TPSA) is 393 Å². The highest BCUT2D eigenvalue weighted by Gasteiger charge is 2.33. The van der Waals surface area contributed by atoms with E-state index in [1.165, 1.54) is 0 Å². The molecule has 3 aromatic rings. The molecule has 29 heteroatoms. The van der Waals surface area contributed by atoms with Gasteiger partial charge in [0.15, 0.2) is 0 Å². The zero-order valence-corrected chi connectivity index (χ0v) is 59.5. The molecule has 8 N–H and O–H groups in total. The maximum absolute atomic E-state index is 14.2. The first-order valence-electron chi connectivity index (χ1n) is 33.9. The summed E-state index contributed by atoms with van der Waals surface area (Å²) in [6, 6.07) is 12.2. The molecular formula is C69H108N14O15. The molecule has 0 aliphatic carbocycles. The highest BCUT2D eigenvalue weighted by Crippen LogP contribution is 2.17. The summed E-state index contributed by atoms with van der Waals surface area (Å²) in [4.78, 5) is 135. The number of esters is 3. The quantitative estimate of drug-likeness (QED) is 0.00671. The van der Waals surface area contributed by atoms with E-state index >= 15 is 0 Å². The molecule has 0 bridgehead atoms. The summed E-state index contributed by atoms with van der Waals surface area (Å²) in [6.45, 7) is 21.9. The van der Waals surface area contributed by atoms with Crippen molar-refractivity contribution in [3.63, 3.8) is 0 Å². The van der Waals surface area contributed by atoms with Crippen LogP contribution in [0, 0.1) is 0 Å². The number of amides is 8. The Morgan fingerprint density at radius 1 is 0.500 bits per heavy atom. The summed E-state index contributed by atoms with van der Waals surface area (Å²) in [6.07, 6.45) is 7.45. The molecule has 1 aromatic heterocycles. The summed E-state index contributed by atoms with van der Waals surface area (Å²) >= 11 is 0. The molecule has 8 amide bonds. The molecule has 3 rings (SSSR count). The van der Waals surface area contributed by atoms with Gasteiger partial charge in [-0.1, -0.05) is 90.3 Å². The lowest BCUT2D eigenvalue weighted by Gasteiger charge is -2.27. The summed E-state index contributed by atoms with van der Waals surface area (Å²) in [5.74, 6) is -4.36. The molecule has 29 nitrogen and oxygen atoms in total. The monoisotopic (exact) mass is 1370 g/mol. The predicted octanol–water partition coefficient (Wildman–Crippen LogP) is 7.71. The average molecular weight is 1370 g/mol. The van der Waals surface area contributed by atoms with Gasteiger partial charge in [-0.25, -0.2) is 19.2 Å². The molecule has 5 atom stereocenters. The Bertz CT molecular complexity index is 3020. The van der Waals surface area contributed by atoms with E-state index in [1.807, 2.05) is 60.7 Å². The molecule has 0 radical (unpaired) electrons. The van der Waals surface area contributed by atoms with E-state index in [-0.39, 0.29) is 90.1 Å². The lowest BCUT2D eigenvalue weighted by molar-refractivity contribution is -0.159. The molecule has 0 aliphatic heterocycles. The van der Waals surface area contributed by atoms with Crippen molar-refractivity contribution >= 4 is 59.6 Å². The number of carbonyl (C=O) groups is 10. The third kappa shape index (κ3) is 39.4. The highest BCUT2D eigenvalue weighted by molar-refractivity contribution is 5.93. The van der Waals surface area contributed by atoms with E-state index in [2.05, 4.69) is 62.9 Å². The third-order valence-corrected chi connectivity index (χ3v) is 14.0. The number of aryl methyl sites for hydroxylation is 1. The van der Waals surface area contributed by atoms with Gasteiger partial charge in [0.05, 0.1) is 12.8 Å². The Morgan fingerprint density at radius 3 is 1.57 bits per heavy atom. The van der Waals surface area contributed by atoms with E-state index in [9.17, 15) is 47.9 Å². The Labute approximate surface area is 576 Å². The van der Waals surface area contributed by atoms with Crippen LogP contribution in [-0.2, 0) is 88.0 Å². The Kier molecular flexibility index (Phi) is 37.0. The molecule has 1 unspecified atom stereocenters. The van der Waals surface area contributed by atoms with Crippen LogP contribution in [0.1, 0.15) is 196 Å². The van der Waals surface area contributed by atoms with Crippen molar-refractivity contribution in [3.8, 4) is 0 Å². The van der Waals surface area contributed by atoms with Crippen LogP contribution in [0.15, 0.2) is 72.0 Å². The number of azide groups is 1. The second kappa shape index (κ2) is 43.4. The van der Waals surface area contributed by atoms with Gasteiger partial charge in [-0.2, -0.15) is 0 Å². The van der Waals surface area contributed by atoms with E-state index in [4.69, 9.17) is 29.2 Å². The summed E-state index contributed by atoms with van der Waals surface area (Å²) < 4.78 is 29.4. The fourth-order valence-corrected chi connectivity index (χ4v) is 9.57. The van der Waals surface area contributed by atoms with Gasteiger partial charge >= 0.3 is 30.0 Å². The van der Waals surface area contributed by atoms with Gasteiger partial charge in [-0.05, 0) is 158 Å². The van der Waals surface area contributed by atoms with E-state index in [0.717, 1.165) is 36.8 Å². The fourth-order valence-electron chi connectivity index (χ4n) is 9.57. The first-order valence-corrected chi connectivity index (χ1v) is 33.9. The van der Waals surface area contributed by atoms with Gasteiger partial charge in [0.1, 0.15) is 58.3 Å². The van der Waals surface area contributed by atoms with Gasteiger partial charge in [-0.3, -0.25) is 33.4 Å². The Balaban J connectivity index is 1.48. The lowest BCUT2D eigenvalue weighted by atomic mass is 10.0. The smallest absolute Gasteiger partial charge is 0.407 e. The minimum atomic E-state index is -1.21. The van der Waals surface area contributed by atoms with Crippen LogP contribution in [0.5, 0.6) is 0 Å². The number of alkyl carbamates (subject to hydrolysis) is 1. The van der Waals surface area contributed by atoms with Gasteiger partial charge in [-0.15, -0.1) is 5.10 Å². The zero-order valence-electron chi connectivity index (χ0n) is 59.5. The summed E-state index contributed by atoms with van der Waals surface area (Å²) in [7, 11) is 0. The average Bonchev–Trinajstić information content (AvgIpc) is 1.07. The largest absolute Gasteiger partial charge is 0.460 e. The van der Waals surface area contributed by atoms with Crippen molar-refractivity contribution in [3.05, 3.63) is 94.1 Å². The number of carbonyl (C=O) groups excluding carboxylic acids is 10. The van der Waals surface area contributed by atoms with Crippen molar-refractivity contribution in [2.45, 2.75) is 258 Å². The maximum atomic E-state index is 14.2. The number of unbranched alkanes of at least 4 members (excludes halogenated alkanes) is 6. The first kappa shape index (κ1) is 83.4. The number of nitrogens with one attached hydrogen (secondary N) is 8. The molecule has 98 heavy (non-hydrogen) atoms. The molecular weight excluding hydrogens is 1260 g/mol. The number of ether oxygens (including phenoxy) is 5. The molecule has 0 saturated carbocycles. The molecule has 0 aliphatic rings. The van der Waals surface area contributed by atoms with Crippen LogP contribution in [0.2, 0.25) is 0 Å². The van der Waals surface area contributed by atoms with Crippen LogP contribution >= 0.6 is 0 Å². The van der Waals surface area contributed by atoms with E-state index in [1.54, 1.807) is 94.0 Å². The summed E-state index contributed by atoms with van der Waals surface area (Å²) in [5.41, 5.74) is 7.71. The van der Waals surface area contributed by atoms with E-state index in [0.29, 0.717) is 50.9 Å². The van der Waals surface area contributed by atoms with Crippen molar-refractivity contribution in [2.75, 3.05) is 32.8 Å². The Morgan fingerprint density at radius 2 is 1.00 bits per heavy atom. The second-order valence-electron chi connectivity index (χ2n) is 27.8. The number of rotatable bonds is 43. The van der Waals surface area contributed by atoms with Crippen LogP contribution < -0.4 is 42.5 Å². The number of urea groups is 1. The first-order chi connectivity index (χ1) is 46.2. The van der Waals surface area contributed by atoms with E-state index < -0.39 is 106 Å². The van der Waals surface area contributed by atoms with Crippen molar-refractivity contribution < 1.29 is 71.6 Å². The van der Waals surface area contributed by atoms with Gasteiger partial charge in [0, 0.05) is 76.3 Å². The highest BCUT2D eigenvalue weighted by atomic mass is 16.6. The number of benzene rings is 2. The summed E-state index contributed by atoms with van der Waals surface area (Å²) in [5, 5.41) is 33.8. The second-order valence-corrected chi connectivity index (χ2v) is 27.8. The zero-order chi connectivity index (χ0) is 72.7. The minimum absolute atomic E-state index is 0.0268. The van der Waals surface area contributed by atoms with Crippen LogP contribution in [0.4, 0.5) is 9.59 Å². The molecule has 1 heterocycles. The SMILES string of the molecule is CC(C)(C)OC(=O)CC[C@H](NC(=O)N[C@@H](CCCCn1cc(COCCCCCCCC(=O)N[C@@H](Cc2ccccc2)C(=O)NC(Cc2ccccc2)C(=O)NCCNC(=O)[C@H](CCCCNC(=O)OC(C)(C)C)NC(=O)CCN=[N+]=[N-])nn1)C(=O)OC(C)(C)C)C(=O)OC(C)(C)C. The number of nitrogens with zero attached hydrogens (tertiary/aromatic N) is 6. The maximum Gasteiger partial charge on any atom is 0.407 e. The predicted molar refractivity (Wildman–Crippen MR) is 366 cm³/mol. The van der Waals surface area contributed by atoms with Gasteiger partial charge < -0.3 is 66.2 Å². The standard InChI is InChI=1S/C69H108N14O15/c1-66(2,3)95-58(86)36-35-53(63(91)97-68(7,8)9)79-64(92)78-52(62(90)96-67(4,5)6)33-24-26-42-83-46-50(80-82-83)47-94-43-27-15-13-14-22-34-56(84)76-55(45-49-30-20-17-21-31-49)61(89)77-54(44-48-28-18-16-19-29-48)60(88)72-41-40-71-59(87)51(75-57(85)37-39-74-81-70)32-23-25-38-73-65(93)98-69(10,11)12/h16-21,28-31,46,51-55H,13-15,22-27,32-45,47H2,1-12H3,(H,71,87)(H,72,88)(H,73,93)(H,75,85)(H,76,84)(H,77,89)(H2,78,79,92)/t51-,52-,53-,54?,55-/m0/s1. The number of aromatic nitrogens is 3. The molecule has 0 saturated heterocycles. The fraction of sp³-hybridized carbons (Fsp3) is 0.652. The van der Waals surface area contributed by atoms with Crippen LogP contribution in [0.25, 0.3) is 10.4 Å². The van der Waals surface area contributed by atoms with Gasteiger partial charge in [0.25, 0.3) is 0 Å². The Hall–Kier alpha value is -8.85. The normalized spacial score (nSPS) is 13.1.